The first-order chi connectivity index (χ1) is 14.1. The molecule has 4 aromatic rings. The summed E-state index contributed by atoms with van der Waals surface area (Å²) >= 11 is 4.84. The predicted molar refractivity (Wildman–Crippen MR) is 118 cm³/mol. The van der Waals surface area contributed by atoms with Crippen LogP contribution in [0.3, 0.4) is 0 Å². The second kappa shape index (κ2) is 8.30. The van der Waals surface area contributed by atoms with Crippen LogP contribution in [0, 0.1) is 0 Å². The van der Waals surface area contributed by atoms with E-state index in [1.54, 1.807) is 32.4 Å². The number of nitrogens with one attached hydrogen (secondary N) is 2. The molecular weight excluding hydrogens is 456 g/mol. The second-order valence-electron chi connectivity index (χ2n) is 6.12. The number of anilines is 1. The number of benzene rings is 2. The van der Waals surface area contributed by atoms with Gasteiger partial charge in [-0.2, -0.15) is 0 Å². The molecule has 0 aliphatic heterocycles. The zero-order valence-corrected chi connectivity index (χ0v) is 18.1. The van der Waals surface area contributed by atoms with Crippen molar-refractivity contribution in [1.29, 1.82) is 0 Å². The molecule has 2 aromatic heterocycles. The van der Waals surface area contributed by atoms with E-state index in [1.807, 2.05) is 18.2 Å². The topological polar surface area (TPSA) is 89.1 Å². The molecule has 4 rings (SSSR count). The average molecular weight is 473 g/mol. The number of carbonyl (C=O) groups is 1. The SMILES string of the molecule is COc1ccc(NC(=O)CSc2ncnc3c2[nH]c2ccc(Br)cc23)cc1OC. The highest BCUT2D eigenvalue weighted by Crippen LogP contribution is 2.32. The fourth-order valence-electron chi connectivity index (χ4n) is 3.00. The highest BCUT2D eigenvalue weighted by Gasteiger charge is 2.13. The summed E-state index contributed by atoms with van der Waals surface area (Å²) in [6.07, 6.45) is 1.52. The van der Waals surface area contributed by atoms with Crippen molar-refractivity contribution in [2.45, 2.75) is 5.03 Å². The summed E-state index contributed by atoms with van der Waals surface area (Å²) in [7, 11) is 3.12. The molecule has 1 amide bonds. The molecule has 0 saturated carbocycles. The number of nitrogens with zero attached hydrogens (tertiary/aromatic N) is 2. The summed E-state index contributed by atoms with van der Waals surface area (Å²) in [6, 6.07) is 11.2. The van der Waals surface area contributed by atoms with Crippen LogP contribution >= 0.6 is 27.7 Å². The van der Waals surface area contributed by atoms with E-state index in [9.17, 15) is 4.79 Å². The normalized spacial score (nSPS) is 11.0. The van der Waals surface area contributed by atoms with E-state index in [0.717, 1.165) is 31.4 Å². The van der Waals surface area contributed by atoms with Crippen molar-refractivity contribution >= 4 is 61.2 Å². The van der Waals surface area contributed by atoms with Crippen LogP contribution in [-0.4, -0.2) is 40.8 Å². The number of hydrogen-bond acceptors (Lipinski definition) is 6. The molecule has 2 aromatic carbocycles. The molecule has 9 heteroatoms. The van der Waals surface area contributed by atoms with Crippen LogP contribution in [-0.2, 0) is 4.79 Å². The molecule has 0 spiro atoms. The maximum absolute atomic E-state index is 12.4. The van der Waals surface area contributed by atoms with Crippen LogP contribution < -0.4 is 14.8 Å². The third kappa shape index (κ3) is 4.01. The van der Waals surface area contributed by atoms with E-state index < -0.39 is 0 Å². The molecule has 0 aliphatic carbocycles. The van der Waals surface area contributed by atoms with Gasteiger partial charge in [-0.3, -0.25) is 4.79 Å². The molecule has 2 heterocycles. The minimum absolute atomic E-state index is 0.146. The maximum atomic E-state index is 12.4. The number of methoxy groups -OCH3 is 2. The summed E-state index contributed by atoms with van der Waals surface area (Å²) in [6.45, 7) is 0. The third-order valence-electron chi connectivity index (χ3n) is 4.32. The Balaban J connectivity index is 1.51. The molecule has 0 aliphatic rings. The summed E-state index contributed by atoms with van der Waals surface area (Å²) < 4.78 is 11.5. The van der Waals surface area contributed by atoms with Gasteiger partial charge in [0.15, 0.2) is 11.5 Å². The molecule has 0 atom stereocenters. The van der Waals surface area contributed by atoms with Gasteiger partial charge in [-0.1, -0.05) is 27.7 Å². The van der Waals surface area contributed by atoms with E-state index in [2.05, 4.69) is 36.2 Å². The van der Waals surface area contributed by atoms with Gasteiger partial charge in [0, 0.05) is 27.1 Å². The van der Waals surface area contributed by atoms with Gasteiger partial charge in [0.2, 0.25) is 5.91 Å². The van der Waals surface area contributed by atoms with Crippen LogP contribution in [0.25, 0.3) is 21.9 Å². The minimum atomic E-state index is -0.146. The summed E-state index contributed by atoms with van der Waals surface area (Å²) in [5.41, 5.74) is 3.26. The molecular formula is C20H17BrN4O3S. The van der Waals surface area contributed by atoms with Gasteiger partial charge >= 0.3 is 0 Å². The monoisotopic (exact) mass is 472 g/mol. The Morgan fingerprint density at radius 2 is 1.97 bits per heavy atom. The number of hydrogen-bond donors (Lipinski definition) is 2. The fourth-order valence-corrected chi connectivity index (χ4v) is 4.11. The summed E-state index contributed by atoms with van der Waals surface area (Å²) in [5.74, 6) is 1.22. The minimum Gasteiger partial charge on any atom is -0.493 e. The highest BCUT2D eigenvalue weighted by atomic mass is 79.9. The summed E-state index contributed by atoms with van der Waals surface area (Å²) in [4.78, 5) is 24.5. The number of H-pyrrole nitrogens is 1. The molecule has 29 heavy (non-hydrogen) atoms. The van der Waals surface area contributed by atoms with Crippen molar-refractivity contribution in [3.63, 3.8) is 0 Å². The summed E-state index contributed by atoms with van der Waals surface area (Å²) in [5, 5.41) is 4.60. The van der Waals surface area contributed by atoms with Gasteiger partial charge in [-0.15, -0.1) is 0 Å². The maximum Gasteiger partial charge on any atom is 0.234 e. The molecule has 7 nitrogen and oxygen atoms in total. The number of ether oxygens (including phenoxy) is 2. The van der Waals surface area contributed by atoms with Crippen molar-refractivity contribution in [2.24, 2.45) is 0 Å². The Labute approximate surface area is 179 Å². The van der Waals surface area contributed by atoms with E-state index in [1.165, 1.54) is 18.1 Å². The zero-order valence-electron chi connectivity index (χ0n) is 15.7. The largest absolute Gasteiger partial charge is 0.493 e. The fraction of sp³-hybridized carbons (Fsp3) is 0.150. The van der Waals surface area contributed by atoms with Gasteiger partial charge < -0.3 is 19.8 Å². The quantitative estimate of drug-likeness (QED) is 0.314. The Bertz CT molecular complexity index is 1210. The van der Waals surface area contributed by atoms with Gasteiger partial charge in [-0.25, -0.2) is 9.97 Å². The van der Waals surface area contributed by atoms with E-state index in [0.29, 0.717) is 17.2 Å². The number of rotatable bonds is 6. The second-order valence-corrected chi connectivity index (χ2v) is 8.00. The number of thioether (sulfide) groups is 1. The molecule has 2 N–H and O–H groups in total. The molecule has 0 saturated heterocycles. The van der Waals surface area contributed by atoms with Gasteiger partial charge in [-0.05, 0) is 30.3 Å². The van der Waals surface area contributed by atoms with Crippen molar-refractivity contribution < 1.29 is 14.3 Å². The van der Waals surface area contributed by atoms with Crippen molar-refractivity contribution in [2.75, 3.05) is 25.3 Å². The third-order valence-corrected chi connectivity index (χ3v) is 5.80. The van der Waals surface area contributed by atoms with Crippen molar-refractivity contribution in [3.05, 3.63) is 47.2 Å². The van der Waals surface area contributed by atoms with Crippen molar-refractivity contribution in [1.82, 2.24) is 15.0 Å². The lowest BCUT2D eigenvalue weighted by atomic mass is 10.2. The molecule has 0 bridgehead atoms. The number of amides is 1. The van der Waals surface area contributed by atoms with E-state index in [4.69, 9.17) is 9.47 Å². The Morgan fingerprint density at radius 1 is 1.14 bits per heavy atom. The smallest absolute Gasteiger partial charge is 0.234 e. The first kappa shape index (κ1) is 19.5. The zero-order chi connectivity index (χ0) is 20.4. The molecule has 0 radical (unpaired) electrons. The highest BCUT2D eigenvalue weighted by molar-refractivity contribution is 9.10. The Hall–Kier alpha value is -2.78. The number of halogens is 1. The standard InChI is InChI=1S/C20H17BrN4O3S/c1-27-15-6-4-12(8-16(15)28-2)24-17(26)9-29-20-19-18(22-10-23-20)13-7-11(21)3-5-14(13)25-19/h3-8,10,25H,9H2,1-2H3,(H,24,26). The van der Waals surface area contributed by atoms with Crippen LogP contribution in [0.15, 0.2) is 52.2 Å². The first-order valence-electron chi connectivity index (χ1n) is 8.65. The van der Waals surface area contributed by atoms with Gasteiger partial charge in [0.05, 0.1) is 25.5 Å². The predicted octanol–water partition coefficient (Wildman–Crippen LogP) is 4.62. The number of aromatic amines is 1. The lowest BCUT2D eigenvalue weighted by Crippen LogP contribution is -2.14. The van der Waals surface area contributed by atoms with E-state index >= 15 is 0 Å². The number of carbonyl (C=O) groups excluding carboxylic acids is 1. The van der Waals surface area contributed by atoms with Crippen LogP contribution in [0.1, 0.15) is 0 Å². The molecule has 0 unspecified atom stereocenters. The van der Waals surface area contributed by atoms with Crippen LogP contribution in [0.4, 0.5) is 5.69 Å². The Morgan fingerprint density at radius 3 is 2.76 bits per heavy atom. The average Bonchev–Trinajstić information content (AvgIpc) is 3.10. The van der Waals surface area contributed by atoms with Gasteiger partial charge in [0.25, 0.3) is 0 Å². The van der Waals surface area contributed by atoms with Crippen LogP contribution in [0.5, 0.6) is 11.5 Å². The van der Waals surface area contributed by atoms with Crippen LogP contribution in [0.2, 0.25) is 0 Å². The van der Waals surface area contributed by atoms with Gasteiger partial charge in [0.1, 0.15) is 16.9 Å². The number of aromatic nitrogens is 3. The number of fused-ring (bicyclic) bond motifs is 3. The lowest BCUT2D eigenvalue weighted by molar-refractivity contribution is -0.113. The first-order valence-corrected chi connectivity index (χ1v) is 10.4. The van der Waals surface area contributed by atoms with E-state index in [-0.39, 0.29) is 11.7 Å². The molecule has 0 fully saturated rings. The lowest BCUT2D eigenvalue weighted by Gasteiger charge is -2.10. The molecule has 148 valence electrons. The van der Waals surface area contributed by atoms with Crippen molar-refractivity contribution in [3.8, 4) is 11.5 Å². The Kier molecular flexibility index (Phi) is 5.59.